The van der Waals surface area contributed by atoms with Crippen molar-refractivity contribution in [1.82, 2.24) is 9.78 Å². The van der Waals surface area contributed by atoms with E-state index in [0.717, 1.165) is 29.9 Å². The molecule has 1 saturated carbocycles. The van der Waals surface area contributed by atoms with Gasteiger partial charge in [0.1, 0.15) is 0 Å². The molecule has 2 heterocycles. The minimum Gasteiger partial charge on any atom is -0.461 e. The molecule has 1 aliphatic heterocycles. The summed E-state index contributed by atoms with van der Waals surface area (Å²) in [6.45, 7) is 2.22. The van der Waals surface area contributed by atoms with E-state index in [1.807, 2.05) is 6.92 Å². The minimum absolute atomic E-state index is 0.291. The van der Waals surface area contributed by atoms with Crippen LogP contribution in [0.2, 0.25) is 0 Å². The fraction of sp³-hybridized carbons (Fsp3) is 0.444. The zero-order valence-corrected chi connectivity index (χ0v) is 14.1. The van der Waals surface area contributed by atoms with Crippen LogP contribution in [0.1, 0.15) is 54.7 Å². The molecule has 4 rings (SSSR count). The molecule has 0 N–H and O–H groups in total. The Hall–Kier alpha value is -1.75. The number of nitrogens with zero attached hydrogens (tertiary/aromatic N) is 2. The van der Waals surface area contributed by atoms with E-state index in [-0.39, 0.29) is 5.97 Å². The molecule has 5 heteroatoms. The van der Waals surface area contributed by atoms with Gasteiger partial charge in [0.05, 0.1) is 18.3 Å². The number of fused-ring (bicyclic) bond motifs is 3. The van der Waals surface area contributed by atoms with E-state index in [1.54, 1.807) is 11.8 Å². The molecule has 1 aromatic carbocycles. The number of hydrogen-bond donors (Lipinski definition) is 0. The maximum absolute atomic E-state index is 12.3. The number of benzene rings is 1. The number of carbonyl (C=O) groups excluding carboxylic acids is 1. The van der Waals surface area contributed by atoms with Crippen LogP contribution in [-0.2, 0) is 10.5 Å². The third-order valence-electron chi connectivity index (χ3n) is 4.66. The highest BCUT2D eigenvalue weighted by Crippen LogP contribution is 2.45. The van der Waals surface area contributed by atoms with Crippen LogP contribution in [0.15, 0.2) is 29.2 Å². The Bertz CT molecular complexity index is 747. The van der Waals surface area contributed by atoms with Crippen LogP contribution in [-0.4, -0.2) is 22.4 Å². The molecule has 2 aliphatic rings. The Labute approximate surface area is 140 Å². The molecule has 0 saturated heterocycles. The van der Waals surface area contributed by atoms with E-state index in [2.05, 4.69) is 28.9 Å². The molecule has 0 atom stereocenters. The smallest absolute Gasteiger partial charge is 0.359 e. The summed E-state index contributed by atoms with van der Waals surface area (Å²) in [6, 6.07) is 8.83. The van der Waals surface area contributed by atoms with Gasteiger partial charge < -0.3 is 4.74 Å². The summed E-state index contributed by atoms with van der Waals surface area (Å²) < 4.78 is 7.35. The van der Waals surface area contributed by atoms with Crippen molar-refractivity contribution < 1.29 is 9.53 Å². The van der Waals surface area contributed by atoms with E-state index in [1.165, 1.54) is 23.3 Å². The Kier molecular flexibility index (Phi) is 3.89. The molecule has 1 fully saturated rings. The second kappa shape index (κ2) is 6.04. The molecule has 120 valence electrons. The summed E-state index contributed by atoms with van der Waals surface area (Å²) in [5.41, 5.74) is 3.89. The van der Waals surface area contributed by atoms with Gasteiger partial charge >= 0.3 is 5.97 Å². The average molecular weight is 328 g/mol. The summed E-state index contributed by atoms with van der Waals surface area (Å²) in [4.78, 5) is 13.6. The maximum atomic E-state index is 12.3. The lowest BCUT2D eigenvalue weighted by Gasteiger charge is -2.20. The second-order valence-electron chi connectivity index (χ2n) is 6.06. The third kappa shape index (κ3) is 2.47. The van der Waals surface area contributed by atoms with Gasteiger partial charge in [-0.1, -0.05) is 31.0 Å². The minimum atomic E-state index is -0.291. The molecule has 4 nitrogen and oxygen atoms in total. The van der Waals surface area contributed by atoms with Crippen molar-refractivity contribution in [2.24, 2.45) is 0 Å². The zero-order valence-electron chi connectivity index (χ0n) is 13.2. The number of aromatic nitrogens is 2. The second-order valence-corrected chi connectivity index (χ2v) is 7.08. The van der Waals surface area contributed by atoms with Crippen molar-refractivity contribution in [2.45, 2.75) is 49.3 Å². The van der Waals surface area contributed by atoms with Crippen molar-refractivity contribution in [1.29, 1.82) is 0 Å². The first-order valence-electron chi connectivity index (χ1n) is 8.30. The summed E-state index contributed by atoms with van der Waals surface area (Å²) >= 11 is 1.78. The first-order valence-corrected chi connectivity index (χ1v) is 9.29. The molecule has 1 aliphatic carbocycles. The zero-order chi connectivity index (χ0) is 15.8. The van der Waals surface area contributed by atoms with E-state index in [4.69, 9.17) is 9.84 Å². The fourth-order valence-corrected chi connectivity index (χ4v) is 4.67. The number of carbonyl (C=O) groups is 1. The highest BCUT2D eigenvalue weighted by Gasteiger charge is 2.32. The van der Waals surface area contributed by atoms with Crippen LogP contribution in [0.3, 0.4) is 0 Å². The van der Waals surface area contributed by atoms with E-state index in [9.17, 15) is 4.79 Å². The lowest BCUT2D eigenvalue weighted by molar-refractivity contribution is 0.0517. The van der Waals surface area contributed by atoms with Gasteiger partial charge in [-0.15, -0.1) is 11.8 Å². The monoisotopic (exact) mass is 328 g/mol. The van der Waals surface area contributed by atoms with Gasteiger partial charge in [0.2, 0.25) is 0 Å². The molecular weight excluding hydrogens is 308 g/mol. The lowest BCUT2D eigenvalue weighted by atomic mass is 10.0. The first-order chi connectivity index (χ1) is 11.3. The quantitative estimate of drug-likeness (QED) is 0.781. The average Bonchev–Trinajstić information content (AvgIpc) is 3.22. The van der Waals surface area contributed by atoms with Crippen LogP contribution in [0.5, 0.6) is 0 Å². The highest BCUT2D eigenvalue weighted by molar-refractivity contribution is 7.98. The first kappa shape index (κ1) is 14.8. The van der Waals surface area contributed by atoms with Gasteiger partial charge in [-0.05, 0) is 25.8 Å². The van der Waals surface area contributed by atoms with E-state index in [0.29, 0.717) is 18.3 Å². The molecule has 0 spiro atoms. The SMILES string of the molecule is CCOC(=O)c1nn(C2CCCC2)c2c1CSc1ccccc1-2. The van der Waals surface area contributed by atoms with Gasteiger partial charge in [0, 0.05) is 21.8 Å². The van der Waals surface area contributed by atoms with Crippen LogP contribution in [0.25, 0.3) is 11.3 Å². The Morgan fingerprint density at radius 1 is 1.35 bits per heavy atom. The van der Waals surface area contributed by atoms with Crippen molar-refractivity contribution >= 4 is 17.7 Å². The van der Waals surface area contributed by atoms with Gasteiger partial charge in [-0.3, -0.25) is 4.68 Å². The maximum Gasteiger partial charge on any atom is 0.359 e. The molecule has 2 aromatic rings. The Morgan fingerprint density at radius 3 is 2.91 bits per heavy atom. The number of ether oxygens (including phenoxy) is 1. The number of thioether (sulfide) groups is 1. The standard InChI is InChI=1S/C18H20N2O2S/c1-2-22-18(21)16-14-11-23-15-10-6-5-9-13(15)17(14)20(19-16)12-7-3-4-8-12/h5-6,9-10,12H,2-4,7-8,11H2,1H3. The molecular formula is C18H20N2O2S. The fourth-order valence-electron chi connectivity index (χ4n) is 3.61. The van der Waals surface area contributed by atoms with E-state index >= 15 is 0 Å². The van der Waals surface area contributed by atoms with Crippen molar-refractivity contribution in [2.75, 3.05) is 6.61 Å². The number of esters is 1. The Balaban J connectivity index is 1.88. The third-order valence-corrected chi connectivity index (χ3v) is 5.76. The van der Waals surface area contributed by atoms with Crippen molar-refractivity contribution in [3.8, 4) is 11.3 Å². The molecule has 0 radical (unpaired) electrons. The molecule has 0 amide bonds. The van der Waals surface area contributed by atoms with Gasteiger partial charge in [-0.2, -0.15) is 5.10 Å². The van der Waals surface area contributed by atoms with Crippen molar-refractivity contribution in [3.63, 3.8) is 0 Å². The number of hydrogen-bond acceptors (Lipinski definition) is 4. The van der Waals surface area contributed by atoms with Gasteiger partial charge in [-0.25, -0.2) is 4.79 Å². The Morgan fingerprint density at radius 2 is 2.13 bits per heavy atom. The van der Waals surface area contributed by atoms with Crippen molar-refractivity contribution in [3.05, 3.63) is 35.5 Å². The predicted molar refractivity (Wildman–Crippen MR) is 90.7 cm³/mol. The van der Waals surface area contributed by atoms with Crippen LogP contribution < -0.4 is 0 Å². The highest BCUT2D eigenvalue weighted by atomic mass is 32.2. The summed E-state index contributed by atoms with van der Waals surface area (Å²) in [7, 11) is 0. The van der Waals surface area contributed by atoms with Crippen LogP contribution >= 0.6 is 11.8 Å². The lowest BCUT2D eigenvalue weighted by Crippen LogP contribution is -2.11. The van der Waals surface area contributed by atoms with Gasteiger partial charge in [0.25, 0.3) is 0 Å². The topological polar surface area (TPSA) is 44.1 Å². The van der Waals surface area contributed by atoms with E-state index < -0.39 is 0 Å². The summed E-state index contributed by atoms with van der Waals surface area (Å²) in [6.07, 6.45) is 4.77. The summed E-state index contributed by atoms with van der Waals surface area (Å²) in [5, 5.41) is 4.72. The molecule has 0 bridgehead atoms. The van der Waals surface area contributed by atoms with Gasteiger partial charge in [0.15, 0.2) is 5.69 Å². The van der Waals surface area contributed by atoms with Crippen LogP contribution in [0.4, 0.5) is 0 Å². The predicted octanol–water partition coefficient (Wildman–Crippen LogP) is 4.45. The molecule has 1 aromatic heterocycles. The largest absolute Gasteiger partial charge is 0.461 e. The van der Waals surface area contributed by atoms with Crippen LogP contribution in [0, 0.1) is 0 Å². The molecule has 23 heavy (non-hydrogen) atoms. The molecule has 0 unspecified atom stereocenters. The number of rotatable bonds is 3. The summed E-state index contributed by atoms with van der Waals surface area (Å²) in [5.74, 6) is 0.494. The normalized spacial score (nSPS) is 16.9.